The first kappa shape index (κ1) is 14.4. The largest absolute Gasteiger partial charge is 0.467 e. The summed E-state index contributed by atoms with van der Waals surface area (Å²) in [5.41, 5.74) is 0. The number of hydrogen-bond donors (Lipinski definition) is 1. The maximum atomic E-state index is 11.7. The van der Waals surface area contributed by atoms with Gasteiger partial charge in [0, 0.05) is 6.54 Å². The number of carbonyl (C=O) groups is 1. The second kappa shape index (κ2) is 6.95. The van der Waals surface area contributed by atoms with Crippen molar-refractivity contribution >= 4 is 17.7 Å². The van der Waals surface area contributed by atoms with Gasteiger partial charge in [-0.25, -0.2) is 0 Å². The number of carbonyl (C=O) groups excluding carboxylic acids is 1. The third kappa shape index (κ3) is 3.74. The molecule has 0 aliphatic heterocycles. The summed E-state index contributed by atoms with van der Waals surface area (Å²) in [4.78, 5) is 11.7. The third-order valence-electron chi connectivity index (χ3n) is 2.59. The number of aromatic nitrogens is 3. The van der Waals surface area contributed by atoms with Crippen molar-refractivity contribution < 1.29 is 9.21 Å². The second-order valence-electron chi connectivity index (χ2n) is 4.07. The molecule has 0 spiro atoms. The first-order chi connectivity index (χ1) is 9.70. The predicted molar refractivity (Wildman–Crippen MR) is 76.2 cm³/mol. The minimum Gasteiger partial charge on any atom is -0.467 e. The SMILES string of the molecule is C=CCn1c(C)nnc1SCC(=O)NCc1ccco1. The highest BCUT2D eigenvalue weighted by Crippen LogP contribution is 2.16. The van der Waals surface area contributed by atoms with E-state index in [1.807, 2.05) is 17.6 Å². The number of furan rings is 1. The molecule has 20 heavy (non-hydrogen) atoms. The number of nitrogens with one attached hydrogen (secondary N) is 1. The lowest BCUT2D eigenvalue weighted by Gasteiger charge is -2.05. The molecule has 0 aliphatic rings. The number of thioether (sulfide) groups is 1. The number of allylic oxidation sites excluding steroid dienone is 1. The highest BCUT2D eigenvalue weighted by Gasteiger charge is 2.10. The lowest BCUT2D eigenvalue weighted by molar-refractivity contribution is -0.118. The Bertz CT molecular complexity index is 577. The van der Waals surface area contributed by atoms with E-state index in [0.717, 1.165) is 16.7 Å². The van der Waals surface area contributed by atoms with Crippen LogP contribution in [0.1, 0.15) is 11.6 Å². The van der Waals surface area contributed by atoms with Crippen LogP contribution in [0.15, 0.2) is 40.6 Å². The molecule has 0 bridgehead atoms. The maximum Gasteiger partial charge on any atom is 0.230 e. The van der Waals surface area contributed by atoms with Crippen molar-refractivity contribution in [2.24, 2.45) is 0 Å². The van der Waals surface area contributed by atoms with Crippen LogP contribution in [-0.4, -0.2) is 26.4 Å². The molecule has 0 fully saturated rings. The molecule has 0 saturated heterocycles. The van der Waals surface area contributed by atoms with Crippen LogP contribution in [0.4, 0.5) is 0 Å². The van der Waals surface area contributed by atoms with Crippen LogP contribution in [0.2, 0.25) is 0 Å². The summed E-state index contributed by atoms with van der Waals surface area (Å²) in [5, 5.41) is 11.5. The zero-order valence-electron chi connectivity index (χ0n) is 11.2. The van der Waals surface area contributed by atoms with Crippen LogP contribution < -0.4 is 5.32 Å². The molecular weight excluding hydrogens is 276 g/mol. The first-order valence-corrected chi connectivity index (χ1v) is 7.12. The Balaban J connectivity index is 1.82. The van der Waals surface area contributed by atoms with Gasteiger partial charge >= 0.3 is 0 Å². The first-order valence-electron chi connectivity index (χ1n) is 6.13. The molecular formula is C13H16N4O2S. The van der Waals surface area contributed by atoms with Crippen molar-refractivity contribution in [3.63, 3.8) is 0 Å². The lowest BCUT2D eigenvalue weighted by Crippen LogP contribution is -2.24. The second-order valence-corrected chi connectivity index (χ2v) is 5.02. The van der Waals surface area contributed by atoms with Crippen LogP contribution in [0, 0.1) is 6.92 Å². The van der Waals surface area contributed by atoms with Gasteiger partial charge in [0.1, 0.15) is 11.6 Å². The molecule has 2 aromatic rings. The fourth-order valence-electron chi connectivity index (χ4n) is 1.59. The Morgan fingerprint density at radius 1 is 1.60 bits per heavy atom. The van der Waals surface area contributed by atoms with Gasteiger partial charge in [0.15, 0.2) is 5.16 Å². The summed E-state index contributed by atoms with van der Waals surface area (Å²) in [7, 11) is 0. The Hall–Kier alpha value is -2.02. The average molecular weight is 292 g/mol. The number of amides is 1. The fraction of sp³-hybridized carbons (Fsp3) is 0.308. The van der Waals surface area contributed by atoms with E-state index < -0.39 is 0 Å². The van der Waals surface area contributed by atoms with Gasteiger partial charge in [-0.1, -0.05) is 17.8 Å². The van der Waals surface area contributed by atoms with E-state index in [0.29, 0.717) is 13.1 Å². The van der Waals surface area contributed by atoms with Gasteiger partial charge in [-0.2, -0.15) is 0 Å². The zero-order chi connectivity index (χ0) is 14.4. The van der Waals surface area contributed by atoms with Crippen LogP contribution in [-0.2, 0) is 17.9 Å². The fourth-order valence-corrected chi connectivity index (χ4v) is 2.41. The van der Waals surface area contributed by atoms with Gasteiger partial charge in [0.25, 0.3) is 0 Å². The van der Waals surface area contributed by atoms with E-state index in [1.165, 1.54) is 11.8 Å². The minimum atomic E-state index is -0.0720. The summed E-state index contributed by atoms with van der Waals surface area (Å²) in [6.45, 7) is 6.60. The standard InChI is InChI=1S/C13H16N4O2S/c1-3-6-17-10(2)15-16-13(17)20-9-12(18)14-8-11-5-4-7-19-11/h3-5,7H,1,6,8-9H2,2H3,(H,14,18). The summed E-state index contributed by atoms with van der Waals surface area (Å²) < 4.78 is 7.06. The van der Waals surface area contributed by atoms with Crippen molar-refractivity contribution in [3.05, 3.63) is 42.6 Å². The molecule has 0 radical (unpaired) electrons. The Labute approximate surface area is 121 Å². The number of rotatable bonds is 7. The average Bonchev–Trinajstić information content (AvgIpc) is 3.06. The number of hydrogen-bond acceptors (Lipinski definition) is 5. The molecule has 1 amide bonds. The van der Waals surface area contributed by atoms with Crippen LogP contribution in [0.5, 0.6) is 0 Å². The van der Waals surface area contributed by atoms with Gasteiger partial charge in [-0.15, -0.1) is 16.8 Å². The van der Waals surface area contributed by atoms with Crippen molar-refractivity contribution in [2.45, 2.75) is 25.2 Å². The molecule has 1 N–H and O–H groups in total. The molecule has 2 rings (SSSR count). The minimum absolute atomic E-state index is 0.0720. The van der Waals surface area contributed by atoms with Crippen LogP contribution in [0.25, 0.3) is 0 Å². The van der Waals surface area contributed by atoms with Crippen LogP contribution >= 0.6 is 11.8 Å². The quantitative estimate of drug-likeness (QED) is 0.622. The highest BCUT2D eigenvalue weighted by molar-refractivity contribution is 7.99. The van der Waals surface area contributed by atoms with Crippen molar-refractivity contribution in [2.75, 3.05) is 5.75 Å². The molecule has 0 saturated carbocycles. The Morgan fingerprint density at radius 2 is 2.45 bits per heavy atom. The Morgan fingerprint density at radius 3 is 3.15 bits per heavy atom. The van der Waals surface area contributed by atoms with E-state index in [4.69, 9.17) is 4.42 Å². The molecule has 0 aromatic carbocycles. The van der Waals surface area contributed by atoms with E-state index in [-0.39, 0.29) is 11.7 Å². The molecule has 0 unspecified atom stereocenters. The number of nitrogens with zero attached hydrogens (tertiary/aromatic N) is 3. The van der Waals surface area contributed by atoms with E-state index in [1.54, 1.807) is 18.4 Å². The van der Waals surface area contributed by atoms with Gasteiger partial charge in [0.2, 0.25) is 5.91 Å². The normalized spacial score (nSPS) is 10.4. The lowest BCUT2D eigenvalue weighted by atomic mass is 10.4. The van der Waals surface area contributed by atoms with Crippen molar-refractivity contribution in [1.29, 1.82) is 0 Å². The summed E-state index contributed by atoms with van der Waals surface area (Å²) in [6, 6.07) is 3.61. The monoisotopic (exact) mass is 292 g/mol. The zero-order valence-corrected chi connectivity index (χ0v) is 12.0. The topological polar surface area (TPSA) is 73.0 Å². The molecule has 6 nitrogen and oxygen atoms in total. The third-order valence-corrected chi connectivity index (χ3v) is 3.55. The van der Waals surface area contributed by atoms with E-state index in [9.17, 15) is 4.79 Å². The van der Waals surface area contributed by atoms with E-state index in [2.05, 4.69) is 22.1 Å². The van der Waals surface area contributed by atoms with Gasteiger partial charge < -0.3 is 14.3 Å². The molecule has 0 atom stereocenters. The molecule has 7 heteroatoms. The summed E-state index contributed by atoms with van der Waals surface area (Å²) >= 11 is 1.35. The van der Waals surface area contributed by atoms with Crippen LogP contribution in [0.3, 0.4) is 0 Å². The molecule has 2 aromatic heterocycles. The molecule has 0 aliphatic carbocycles. The van der Waals surface area contributed by atoms with Gasteiger partial charge in [-0.05, 0) is 19.1 Å². The van der Waals surface area contributed by atoms with E-state index >= 15 is 0 Å². The van der Waals surface area contributed by atoms with Gasteiger partial charge in [-0.3, -0.25) is 4.79 Å². The smallest absolute Gasteiger partial charge is 0.230 e. The summed E-state index contributed by atoms with van der Waals surface area (Å²) in [6.07, 6.45) is 3.36. The summed E-state index contributed by atoms with van der Waals surface area (Å²) in [5.74, 6) is 1.75. The Kier molecular flexibility index (Phi) is 5.00. The number of aryl methyl sites for hydroxylation is 1. The highest BCUT2D eigenvalue weighted by atomic mass is 32.2. The van der Waals surface area contributed by atoms with Crippen molar-refractivity contribution in [3.8, 4) is 0 Å². The molecule has 106 valence electrons. The van der Waals surface area contributed by atoms with Crippen molar-refractivity contribution in [1.82, 2.24) is 20.1 Å². The predicted octanol–water partition coefficient (Wildman–Crippen LogP) is 1.77. The molecule has 2 heterocycles. The maximum absolute atomic E-state index is 11.7. The van der Waals surface area contributed by atoms with Gasteiger partial charge in [0.05, 0.1) is 18.6 Å².